The van der Waals surface area contributed by atoms with Gasteiger partial charge in [0.15, 0.2) is 0 Å². The molecule has 0 saturated carbocycles. The number of nitrogens with zero attached hydrogens (tertiary/aromatic N) is 3. The Labute approximate surface area is 114 Å². The Morgan fingerprint density at radius 1 is 1.11 bits per heavy atom. The Hall–Kier alpha value is -1.28. The zero-order valence-electron chi connectivity index (χ0n) is 11.3. The van der Waals surface area contributed by atoms with Crippen molar-refractivity contribution in [2.24, 2.45) is 0 Å². The van der Waals surface area contributed by atoms with Crippen LogP contribution in [0.3, 0.4) is 0 Å². The molecule has 19 heavy (non-hydrogen) atoms. The van der Waals surface area contributed by atoms with E-state index in [0.29, 0.717) is 12.5 Å². The second kappa shape index (κ2) is 8.00. The lowest BCUT2D eigenvalue weighted by molar-refractivity contribution is 0.566. The third-order valence-corrected chi connectivity index (χ3v) is 4.40. The highest BCUT2D eigenvalue weighted by molar-refractivity contribution is 7.90. The molecule has 1 heterocycles. The van der Waals surface area contributed by atoms with Gasteiger partial charge in [0, 0.05) is 13.1 Å². The van der Waals surface area contributed by atoms with Crippen molar-refractivity contribution in [3.8, 4) is 0 Å². The summed E-state index contributed by atoms with van der Waals surface area (Å²) in [4.78, 5) is 11.6. The number of nitrogens with one attached hydrogen (secondary N) is 2. The Balaban J connectivity index is 2.03. The molecule has 0 aromatic carbocycles. The average Bonchev–Trinajstić information content (AvgIpc) is 2.38. The molecule has 0 saturated heterocycles. The first-order chi connectivity index (χ1) is 9.02. The molecule has 1 rings (SSSR count). The average molecular weight is 287 g/mol. The van der Waals surface area contributed by atoms with Gasteiger partial charge in [-0.15, -0.1) is 0 Å². The maximum Gasteiger partial charge on any atom is 0.225 e. The van der Waals surface area contributed by atoms with Gasteiger partial charge in [0.2, 0.25) is 16.0 Å². The third kappa shape index (κ3) is 6.44. The molecular weight excluding hydrogens is 266 g/mol. The first-order valence-electron chi connectivity index (χ1n) is 6.36. The van der Waals surface area contributed by atoms with E-state index in [2.05, 4.69) is 25.0 Å². The fraction of sp³-hybridized carbons (Fsp3) is 0.727. The Morgan fingerprint density at radius 3 is 2.37 bits per heavy atom. The van der Waals surface area contributed by atoms with Crippen LogP contribution in [0.25, 0.3) is 0 Å². The molecule has 2 N–H and O–H groups in total. The molecule has 0 spiro atoms. The van der Waals surface area contributed by atoms with Crippen molar-refractivity contribution in [2.45, 2.75) is 38.4 Å². The van der Waals surface area contributed by atoms with Crippen LogP contribution in [-0.2, 0) is 10.0 Å². The molecule has 1 aromatic heterocycles. The summed E-state index contributed by atoms with van der Waals surface area (Å²) in [7, 11) is -3.13. The first kappa shape index (κ1) is 15.8. The van der Waals surface area contributed by atoms with Gasteiger partial charge in [0.25, 0.3) is 0 Å². The summed E-state index contributed by atoms with van der Waals surface area (Å²) in [6.45, 7) is 4.59. The maximum atomic E-state index is 11.5. The van der Waals surface area contributed by atoms with Crippen LogP contribution in [0.5, 0.6) is 0 Å². The van der Waals surface area contributed by atoms with Crippen molar-refractivity contribution in [3.05, 3.63) is 12.7 Å². The maximum absolute atomic E-state index is 11.5. The SMILES string of the molecule is CC(C)S(=O)(=O)NCCCCCNc1ncncn1. The van der Waals surface area contributed by atoms with Gasteiger partial charge in [-0.25, -0.2) is 28.1 Å². The topological polar surface area (TPSA) is 96.9 Å². The smallest absolute Gasteiger partial charge is 0.225 e. The minimum absolute atomic E-state index is 0.377. The number of sulfonamides is 1. The van der Waals surface area contributed by atoms with E-state index in [4.69, 9.17) is 0 Å². The molecule has 7 nitrogen and oxygen atoms in total. The van der Waals surface area contributed by atoms with Crippen LogP contribution in [0.4, 0.5) is 5.95 Å². The highest BCUT2D eigenvalue weighted by Gasteiger charge is 2.13. The Bertz CT molecular complexity index is 449. The fourth-order valence-corrected chi connectivity index (χ4v) is 2.10. The molecule has 0 aliphatic heterocycles. The number of rotatable bonds is 9. The van der Waals surface area contributed by atoms with Crippen molar-refractivity contribution < 1.29 is 8.42 Å². The van der Waals surface area contributed by atoms with E-state index in [0.717, 1.165) is 25.8 Å². The van der Waals surface area contributed by atoms with Gasteiger partial charge in [0.1, 0.15) is 12.7 Å². The summed E-state index contributed by atoms with van der Waals surface area (Å²) < 4.78 is 25.5. The molecule has 0 bridgehead atoms. The predicted molar refractivity (Wildman–Crippen MR) is 74.2 cm³/mol. The fourth-order valence-electron chi connectivity index (χ4n) is 1.34. The number of aromatic nitrogens is 3. The van der Waals surface area contributed by atoms with Gasteiger partial charge in [-0.1, -0.05) is 6.42 Å². The van der Waals surface area contributed by atoms with Crippen LogP contribution >= 0.6 is 0 Å². The van der Waals surface area contributed by atoms with Crippen LogP contribution in [0.2, 0.25) is 0 Å². The van der Waals surface area contributed by atoms with Gasteiger partial charge in [0.05, 0.1) is 5.25 Å². The molecule has 8 heteroatoms. The van der Waals surface area contributed by atoms with Crippen molar-refractivity contribution in [2.75, 3.05) is 18.4 Å². The largest absolute Gasteiger partial charge is 0.354 e. The zero-order chi connectivity index (χ0) is 14.1. The van der Waals surface area contributed by atoms with Crippen molar-refractivity contribution in [1.29, 1.82) is 0 Å². The lowest BCUT2D eigenvalue weighted by Crippen LogP contribution is -2.31. The first-order valence-corrected chi connectivity index (χ1v) is 7.91. The summed E-state index contributed by atoms with van der Waals surface area (Å²) in [5.41, 5.74) is 0. The molecule has 1 aromatic rings. The van der Waals surface area contributed by atoms with Gasteiger partial charge in [-0.05, 0) is 26.7 Å². The molecule has 0 fully saturated rings. The number of unbranched alkanes of at least 4 members (excludes halogenated alkanes) is 2. The van der Waals surface area contributed by atoms with Crippen LogP contribution in [0.15, 0.2) is 12.7 Å². The standard InChI is InChI=1S/C11H21N5O2S/c1-10(2)19(17,18)16-7-5-3-4-6-13-11-14-8-12-9-15-11/h8-10,16H,3-7H2,1-2H3,(H,12,13,14,15). The van der Waals surface area contributed by atoms with Crippen molar-refractivity contribution in [3.63, 3.8) is 0 Å². The van der Waals surface area contributed by atoms with E-state index < -0.39 is 10.0 Å². The van der Waals surface area contributed by atoms with Crippen LogP contribution in [0.1, 0.15) is 33.1 Å². The highest BCUT2D eigenvalue weighted by Crippen LogP contribution is 2.00. The van der Waals surface area contributed by atoms with Crippen molar-refractivity contribution in [1.82, 2.24) is 19.7 Å². The van der Waals surface area contributed by atoms with Crippen LogP contribution in [-0.4, -0.2) is 41.7 Å². The summed E-state index contributed by atoms with van der Waals surface area (Å²) in [5, 5.41) is 2.69. The second-order valence-electron chi connectivity index (χ2n) is 4.44. The third-order valence-electron chi connectivity index (χ3n) is 2.55. The monoisotopic (exact) mass is 287 g/mol. The summed E-state index contributed by atoms with van der Waals surface area (Å²) >= 11 is 0. The van der Waals surface area contributed by atoms with E-state index in [9.17, 15) is 8.42 Å². The number of hydrogen-bond donors (Lipinski definition) is 2. The van der Waals surface area contributed by atoms with E-state index in [1.807, 2.05) is 0 Å². The van der Waals surface area contributed by atoms with E-state index in [-0.39, 0.29) is 5.25 Å². The van der Waals surface area contributed by atoms with Crippen molar-refractivity contribution >= 4 is 16.0 Å². The van der Waals surface area contributed by atoms with E-state index >= 15 is 0 Å². The molecule has 108 valence electrons. The zero-order valence-corrected chi connectivity index (χ0v) is 12.2. The lowest BCUT2D eigenvalue weighted by Gasteiger charge is -2.09. The molecule has 0 amide bonds. The molecular formula is C11H21N5O2S. The predicted octanol–water partition coefficient (Wildman–Crippen LogP) is 0.782. The quantitative estimate of drug-likeness (QED) is 0.652. The molecule has 0 aliphatic rings. The molecule has 0 unspecified atom stereocenters. The highest BCUT2D eigenvalue weighted by atomic mass is 32.2. The lowest BCUT2D eigenvalue weighted by atomic mass is 10.2. The van der Waals surface area contributed by atoms with E-state index in [1.54, 1.807) is 13.8 Å². The molecule has 0 radical (unpaired) electrons. The van der Waals surface area contributed by atoms with Gasteiger partial charge in [-0.3, -0.25) is 0 Å². The van der Waals surface area contributed by atoms with Gasteiger partial charge < -0.3 is 5.32 Å². The molecule has 0 atom stereocenters. The second-order valence-corrected chi connectivity index (χ2v) is 6.76. The van der Waals surface area contributed by atoms with E-state index in [1.165, 1.54) is 12.7 Å². The molecule has 0 aliphatic carbocycles. The number of anilines is 1. The van der Waals surface area contributed by atoms with Crippen LogP contribution in [0, 0.1) is 0 Å². The summed E-state index contributed by atoms with van der Waals surface area (Å²) in [6, 6.07) is 0. The Morgan fingerprint density at radius 2 is 1.74 bits per heavy atom. The minimum atomic E-state index is -3.13. The van der Waals surface area contributed by atoms with Gasteiger partial charge >= 0.3 is 0 Å². The summed E-state index contributed by atoms with van der Waals surface area (Å²) in [5.74, 6) is 0.565. The summed E-state index contributed by atoms with van der Waals surface area (Å²) in [6.07, 6.45) is 5.59. The van der Waals surface area contributed by atoms with Crippen LogP contribution < -0.4 is 10.0 Å². The Kier molecular flexibility index (Phi) is 6.65. The normalized spacial score (nSPS) is 11.7. The van der Waals surface area contributed by atoms with Gasteiger partial charge in [-0.2, -0.15) is 0 Å². The number of hydrogen-bond acceptors (Lipinski definition) is 6. The minimum Gasteiger partial charge on any atom is -0.354 e.